The molecular formula is C27H24O3S. The van der Waals surface area contributed by atoms with Crippen molar-refractivity contribution in [2.45, 2.75) is 41.9 Å². The van der Waals surface area contributed by atoms with Gasteiger partial charge in [-0.25, -0.2) is 0 Å². The van der Waals surface area contributed by atoms with E-state index in [2.05, 4.69) is 0 Å². The smallest absolute Gasteiger partial charge is 0.228 e. The van der Waals surface area contributed by atoms with Gasteiger partial charge in [-0.2, -0.15) is 0 Å². The monoisotopic (exact) mass is 428 g/mol. The summed E-state index contributed by atoms with van der Waals surface area (Å²) in [4.78, 5) is 39.2. The van der Waals surface area contributed by atoms with Crippen molar-refractivity contribution in [3.8, 4) is 0 Å². The summed E-state index contributed by atoms with van der Waals surface area (Å²) < 4.78 is 0. The number of ketones is 3. The highest BCUT2D eigenvalue weighted by atomic mass is 32.2. The van der Waals surface area contributed by atoms with Crippen LogP contribution >= 0.6 is 11.8 Å². The van der Waals surface area contributed by atoms with Crippen LogP contribution in [0, 0.1) is 5.92 Å². The molecule has 0 aliphatic heterocycles. The topological polar surface area (TPSA) is 51.2 Å². The standard InChI is InChI=1S/C27H24O3S/c28-25(18-19-6-4-5-7-19)27(30)22-12-16-24(17-13-22)31-23-14-10-21(11-15-23)26(29)20-8-2-1-3-9-20/h1-3,8-17,19H,4-7,18H2. The summed E-state index contributed by atoms with van der Waals surface area (Å²) in [7, 11) is 0. The van der Waals surface area contributed by atoms with E-state index in [9.17, 15) is 14.4 Å². The Morgan fingerprint density at radius 2 is 1.19 bits per heavy atom. The first-order valence-electron chi connectivity index (χ1n) is 10.7. The lowest BCUT2D eigenvalue weighted by molar-refractivity contribution is -0.115. The molecule has 1 saturated carbocycles. The van der Waals surface area contributed by atoms with Gasteiger partial charge in [-0.05, 0) is 54.4 Å². The van der Waals surface area contributed by atoms with Crippen LogP contribution in [0.2, 0.25) is 0 Å². The molecular weight excluding hydrogens is 404 g/mol. The van der Waals surface area contributed by atoms with Crippen LogP contribution in [0.25, 0.3) is 0 Å². The van der Waals surface area contributed by atoms with Crippen LogP contribution in [-0.4, -0.2) is 17.3 Å². The van der Waals surface area contributed by atoms with E-state index in [1.807, 2.05) is 66.7 Å². The summed E-state index contributed by atoms with van der Waals surface area (Å²) in [6.45, 7) is 0. The number of carbonyl (C=O) groups excluding carboxylic acids is 3. The largest absolute Gasteiger partial charge is 0.290 e. The van der Waals surface area contributed by atoms with E-state index < -0.39 is 0 Å². The third-order valence-corrected chi connectivity index (χ3v) is 6.72. The van der Waals surface area contributed by atoms with Crippen LogP contribution in [0.3, 0.4) is 0 Å². The van der Waals surface area contributed by atoms with Gasteiger partial charge < -0.3 is 0 Å². The van der Waals surface area contributed by atoms with E-state index in [4.69, 9.17) is 0 Å². The molecule has 31 heavy (non-hydrogen) atoms. The Kier molecular flexibility index (Phi) is 6.78. The molecule has 0 amide bonds. The maximum Gasteiger partial charge on any atom is 0.228 e. The minimum Gasteiger partial charge on any atom is -0.290 e. The Balaban J connectivity index is 1.37. The molecule has 0 saturated heterocycles. The lowest BCUT2D eigenvalue weighted by atomic mass is 9.96. The third kappa shape index (κ3) is 5.39. The van der Waals surface area contributed by atoms with Crippen molar-refractivity contribution in [2.75, 3.05) is 0 Å². The van der Waals surface area contributed by atoms with Crippen molar-refractivity contribution >= 4 is 29.1 Å². The second kappa shape index (κ2) is 9.88. The summed E-state index contributed by atoms with van der Waals surface area (Å²) in [5.41, 5.74) is 1.78. The molecule has 0 atom stereocenters. The van der Waals surface area contributed by atoms with Gasteiger partial charge in [0.25, 0.3) is 0 Å². The predicted octanol–water partition coefficient (Wildman–Crippen LogP) is 6.40. The highest BCUT2D eigenvalue weighted by Gasteiger charge is 2.23. The lowest BCUT2D eigenvalue weighted by Gasteiger charge is -2.08. The Morgan fingerprint density at radius 3 is 1.77 bits per heavy atom. The average Bonchev–Trinajstić information content (AvgIpc) is 3.33. The highest BCUT2D eigenvalue weighted by Crippen LogP contribution is 2.30. The lowest BCUT2D eigenvalue weighted by Crippen LogP contribution is -2.17. The van der Waals surface area contributed by atoms with Gasteiger partial charge in [0.1, 0.15) is 0 Å². The van der Waals surface area contributed by atoms with Crippen LogP contribution in [0.1, 0.15) is 58.4 Å². The van der Waals surface area contributed by atoms with Gasteiger partial charge in [0.2, 0.25) is 11.6 Å². The van der Waals surface area contributed by atoms with E-state index >= 15 is 0 Å². The van der Waals surface area contributed by atoms with Crippen LogP contribution in [-0.2, 0) is 4.79 Å². The average molecular weight is 429 g/mol. The molecule has 3 aromatic rings. The van der Waals surface area contributed by atoms with Gasteiger partial charge in [0, 0.05) is 32.9 Å². The zero-order valence-corrected chi connectivity index (χ0v) is 18.1. The molecule has 1 aliphatic carbocycles. The van der Waals surface area contributed by atoms with E-state index in [1.165, 1.54) is 12.8 Å². The molecule has 3 aromatic carbocycles. The summed E-state index contributed by atoms with van der Waals surface area (Å²) in [6.07, 6.45) is 4.83. The normalized spacial score (nSPS) is 13.8. The van der Waals surface area contributed by atoms with E-state index in [0.717, 1.165) is 22.6 Å². The number of benzene rings is 3. The second-order valence-electron chi connectivity index (χ2n) is 7.95. The molecule has 0 bridgehead atoms. The van der Waals surface area contributed by atoms with Crippen LogP contribution in [0.15, 0.2) is 88.7 Å². The maximum absolute atomic E-state index is 12.5. The van der Waals surface area contributed by atoms with Gasteiger partial charge in [0.05, 0.1) is 0 Å². The molecule has 1 aliphatic rings. The SMILES string of the molecule is O=C(CC1CCCC1)C(=O)c1ccc(Sc2ccc(C(=O)c3ccccc3)cc2)cc1. The molecule has 3 nitrogen and oxygen atoms in total. The van der Waals surface area contributed by atoms with Gasteiger partial charge >= 0.3 is 0 Å². The van der Waals surface area contributed by atoms with Gasteiger partial charge in [0.15, 0.2) is 5.78 Å². The molecule has 4 rings (SSSR count). The summed E-state index contributed by atoms with van der Waals surface area (Å²) in [5.74, 6) is -0.275. The number of hydrogen-bond acceptors (Lipinski definition) is 4. The van der Waals surface area contributed by atoms with Crippen molar-refractivity contribution < 1.29 is 14.4 Å². The number of carbonyl (C=O) groups is 3. The summed E-state index contributed by atoms with van der Waals surface area (Å²) in [6, 6.07) is 23.9. The molecule has 0 radical (unpaired) electrons. The van der Waals surface area contributed by atoms with Crippen molar-refractivity contribution in [3.05, 3.63) is 95.6 Å². The minimum absolute atomic E-state index is 0.00212. The highest BCUT2D eigenvalue weighted by molar-refractivity contribution is 7.99. The zero-order valence-electron chi connectivity index (χ0n) is 17.3. The first-order valence-corrected chi connectivity index (χ1v) is 11.5. The molecule has 0 unspecified atom stereocenters. The molecule has 0 spiro atoms. The molecule has 4 heteroatoms. The Hall–Kier alpha value is -2.98. The Morgan fingerprint density at radius 1 is 0.677 bits per heavy atom. The molecule has 0 N–H and O–H groups in total. The molecule has 0 heterocycles. The number of hydrogen-bond donors (Lipinski definition) is 0. The van der Waals surface area contributed by atoms with E-state index in [0.29, 0.717) is 29.0 Å². The van der Waals surface area contributed by atoms with Crippen LogP contribution in [0.5, 0.6) is 0 Å². The fourth-order valence-corrected chi connectivity index (χ4v) is 4.79. The van der Waals surface area contributed by atoms with Gasteiger partial charge in [-0.1, -0.05) is 67.8 Å². The van der Waals surface area contributed by atoms with Gasteiger partial charge in [-0.15, -0.1) is 0 Å². The number of rotatable bonds is 8. The van der Waals surface area contributed by atoms with Crippen molar-refractivity contribution in [3.63, 3.8) is 0 Å². The quantitative estimate of drug-likeness (QED) is 0.308. The molecule has 156 valence electrons. The first kappa shape index (κ1) is 21.3. The Bertz CT molecular complexity index is 1060. The van der Waals surface area contributed by atoms with Gasteiger partial charge in [-0.3, -0.25) is 14.4 Å². The number of Topliss-reactive ketones (excluding diaryl/α,β-unsaturated/α-hetero) is 2. The van der Waals surface area contributed by atoms with E-state index in [-0.39, 0.29) is 17.3 Å². The fourth-order valence-electron chi connectivity index (χ4n) is 3.97. The van der Waals surface area contributed by atoms with Crippen LogP contribution < -0.4 is 0 Å². The van der Waals surface area contributed by atoms with E-state index in [1.54, 1.807) is 23.9 Å². The van der Waals surface area contributed by atoms with Crippen molar-refractivity contribution in [1.29, 1.82) is 0 Å². The minimum atomic E-state index is -0.382. The molecule has 1 fully saturated rings. The van der Waals surface area contributed by atoms with Crippen molar-refractivity contribution in [1.82, 2.24) is 0 Å². The molecule has 0 aromatic heterocycles. The first-order chi connectivity index (χ1) is 15.1. The van der Waals surface area contributed by atoms with Crippen LogP contribution in [0.4, 0.5) is 0 Å². The second-order valence-corrected chi connectivity index (χ2v) is 9.10. The maximum atomic E-state index is 12.5. The fraction of sp³-hybridized carbons (Fsp3) is 0.222. The Labute approximate surface area is 186 Å². The summed E-state index contributed by atoms with van der Waals surface area (Å²) >= 11 is 1.55. The zero-order chi connectivity index (χ0) is 21.6. The third-order valence-electron chi connectivity index (χ3n) is 5.71. The van der Waals surface area contributed by atoms with Crippen molar-refractivity contribution in [2.24, 2.45) is 5.92 Å². The predicted molar refractivity (Wildman–Crippen MR) is 123 cm³/mol. The summed E-state index contributed by atoms with van der Waals surface area (Å²) in [5, 5.41) is 0.